The number of nitrogens with one attached hydrogen (secondary N) is 2. The van der Waals surface area contributed by atoms with Crippen molar-refractivity contribution in [1.29, 1.82) is 0 Å². The van der Waals surface area contributed by atoms with Gasteiger partial charge in [0.05, 0.1) is 43.0 Å². The molecule has 0 bridgehead atoms. The summed E-state index contributed by atoms with van der Waals surface area (Å²) in [5.74, 6) is 1.08. The van der Waals surface area contributed by atoms with E-state index in [0.717, 1.165) is 16.7 Å². The smallest absolute Gasteiger partial charge is 0.257 e. The van der Waals surface area contributed by atoms with Crippen molar-refractivity contribution in [3.8, 4) is 17.0 Å². The van der Waals surface area contributed by atoms with Gasteiger partial charge < -0.3 is 15.4 Å². The average molecular weight is 441 g/mol. The van der Waals surface area contributed by atoms with E-state index >= 15 is 0 Å². The molecule has 1 aromatic carbocycles. The molecule has 3 heterocycles. The molecule has 0 aliphatic carbocycles. The fraction of sp³-hybridized carbons (Fsp3) is 0.160. The highest BCUT2D eigenvalue weighted by atomic mass is 16.5. The lowest BCUT2D eigenvalue weighted by molar-refractivity contribution is 0.102. The molecule has 4 rings (SSSR count). The number of methoxy groups -OCH3 is 1. The molecule has 2 N–H and O–H groups in total. The summed E-state index contributed by atoms with van der Waals surface area (Å²) in [4.78, 5) is 29.8. The standard InChI is InChI=1S/C25H24N6O2/c1-16-7-20(12-26-10-16)25(32)30-21-6-4-5-18(8-21)17(2)29-24-15-28-14-23(31-24)19-9-22(33-3)13-27-11-19/h4-15,17H,1-3H3,(H,29,31)(H,30,32)/t17-/m0/s1. The van der Waals surface area contributed by atoms with Gasteiger partial charge in [0.2, 0.25) is 0 Å². The van der Waals surface area contributed by atoms with Gasteiger partial charge in [0.25, 0.3) is 5.91 Å². The van der Waals surface area contributed by atoms with Crippen molar-refractivity contribution in [2.45, 2.75) is 19.9 Å². The lowest BCUT2D eigenvalue weighted by Crippen LogP contribution is -2.13. The predicted octanol–water partition coefficient (Wildman–Crippen LogP) is 4.68. The number of hydrogen-bond donors (Lipinski definition) is 2. The molecule has 0 saturated heterocycles. The number of anilines is 2. The highest BCUT2D eigenvalue weighted by Gasteiger charge is 2.11. The molecule has 0 aliphatic heterocycles. The lowest BCUT2D eigenvalue weighted by Gasteiger charge is -2.16. The van der Waals surface area contributed by atoms with E-state index in [9.17, 15) is 4.79 Å². The number of ether oxygens (including phenoxy) is 1. The Hall–Kier alpha value is -4.33. The molecule has 0 aliphatic rings. The fourth-order valence-corrected chi connectivity index (χ4v) is 3.32. The van der Waals surface area contributed by atoms with Gasteiger partial charge in [-0.3, -0.25) is 19.7 Å². The maximum Gasteiger partial charge on any atom is 0.257 e. The van der Waals surface area contributed by atoms with Crippen LogP contribution in [0, 0.1) is 6.92 Å². The van der Waals surface area contributed by atoms with Gasteiger partial charge in [-0.05, 0) is 49.2 Å². The van der Waals surface area contributed by atoms with Crippen LogP contribution in [0.15, 0.2) is 73.6 Å². The minimum Gasteiger partial charge on any atom is -0.495 e. The van der Waals surface area contributed by atoms with Crippen molar-refractivity contribution in [1.82, 2.24) is 19.9 Å². The summed E-state index contributed by atoms with van der Waals surface area (Å²) in [6.45, 7) is 3.92. The molecule has 1 amide bonds. The van der Waals surface area contributed by atoms with Gasteiger partial charge in [-0.15, -0.1) is 0 Å². The summed E-state index contributed by atoms with van der Waals surface area (Å²) in [5.41, 5.74) is 4.65. The topological polar surface area (TPSA) is 102 Å². The predicted molar refractivity (Wildman–Crippen MR) is 127 cm³/mol. The lowest BCUT2D eigenvalue weighted by atomic mass is 10.1. The van der Waals surface area contributed by atoms with Crippen LogP contribution in [0.3, 0.4) is 0 Å². The van der Waals surface area contributed by atoms with Crippen molar-refractivity contribution in [3.63, 3.8) is 0 Å². The Labute approximate surface area is 192 Å². The minimum atomic E-state index is -0.200. The molecule has 0 spiro atoms. The molecule has 1 atom stereocenters. The van der Waals surface area contributed by atoms with Gasteiger partial charge in [0, 0.05) is 29.8 Å². The van der Waals surface area contributed by atoms with Crippen LogP contribution in [0.5, 0.6) is 5.75 Å². The number of pyridine rings is 2. The Morgan fingerprint density at radius 2 is 1.79 bits per heavy atom. The fourth-order valence-electron chi connectivity index (χ4n) is 3.32. The molecule has 0 saturated carbocycles. The van der Waals surface area contributed by atoms with Gasteiger partial charge in [0.1, 0.15) is 11.6 Å². The summed E-state index contributed by atoms with van der Waals surface area (Å²) in [6, 6.07) is 11.3. The molecule has 8 heteroatoms. The van der Waals surface area contributed by atoms with Gasteiger partial charge in [-0.1, -0.05) is 12.1 Å². The quantitative estimate of drug-likeness (QED) is 0.430. The van der Waals surface area contributed by atoms with E-state index in [1.54, 1.807) is 50.4 Å². The minimum absolute atomic E-state index is 0.0736. The number of carbonyl (C=O) groups excluding carboxylic acids is 1. The van der Waals surface area contributed by atoms with Crippen LogP contribution in [0.25, 0.3) is 11.3 Å². The normalized spacial score (nSPS) is 11.5. The second kappa shape index (κ2) is 9.86. The first-order valence-electron chi connectivity index (χ1n) is 10.4. The molecule has 0 fully saturated rings. The summed E-state index contributed by atoms with van der Waals surface area (Å²) >= 11 is 0. The molecule has 166 valence electrons. The number of benzene rings is 1. The molecular formula is C25H24N6O2. The van der Waals surface area contributed by atoms with Crippen LogP contribution < -0.4 is 15.4 Å². The monoisotopic (exact) mass is 440 g/mol. The van der Waals surface area contributed by atoms with E-state index in [2.05, 4.69) is 30.6 Å². The van der Waals surface area contributed by atoms with Gasteiger partial charge in [-0.2, -0.15) is 0 Å². The summed E-state index contributed by atoms with van der Waals surface area (Å²) in [6.07, 6.45) is 9.98. The highest BCUT2D eigenvalue weighted by molar-refractivity contribution is 6.04. The first kappa shape index (κ1) is 21.9. The zero-order valence-corrected chi connectivity index (χ0v) is 18.6. The Balaban J connectivity index is 1.48. The first-order chi connectivity index (χ1) is 16.0. The third-order valence-corrected chi connectivity index (χ3v) is 5.03. The number of aryl methyl sites for hydroxylation is 1. The summed E-state index contributed by atoms with van der Waals surface area (Å²) in [7, 11) is 1.60. The molecule has 0 unspecified atom stereocenters. The van der Waals surface area contributed by atoms with E-state index < -0.39 is 0 Å². The number of amides is 1. The largest absolute Gasteiger partial charge is 0.495 e. The molecular weight excluding hydrogens is 416 g/mol. The highest BCUT2D eigenvalue weighted by Crippen LogP contribution is 2.24. The molecule has 4 aromatic rings. The Morgan fingerprint density at radius 3 is 2.61 bits per heavy atom. The van der Waals surface area contributed by atoms with Crippen LogP contribution in [-0.4, -0.2) is 33.0 Å². The van der Waals surface area contributed by atoms with Crippen molar-refractivity contribution < 1.29 is 9.53 Å². The van der Waals surface area contributed by atoms with Crippen LogP contribution >= 0.6 is 0 Å². The van der Waals surface area contributed by atoms with Crippen LogP contribution in [-0.2, 0) is 0 Å². The van der Waals surface area contributed by atoms with Crippen molar-refractivity contribution >= 4 is 17.4 Å². The van der Waals surface area contributed by atoms with Crippen molar-refractivity contribution in [2.24, 2.45) is 0 Å². The number of carbonyl (C=O) groups is 1. The zero-order valence-electron chi connectivity index (χ0n) is 18.6. The molecule has 3 aromatic heterocycles. The zero-order chi connectivity index (χ0) is 23.2. The van der Waals surface area contributed by atoms with Gasteiger partial charge in [-0.25, -0.2) is 4.98 Å². The van der Waals surface area contributed by atoms with Crippen molar-refractivity contribution in [3.05, 3.63) is 90.3 Å². The van der Waals surface area contributed by atoms with E-state index in [-0.39, 0.29) is 11.9 Å². The maximum atomic E-state index is 12.6. The van der Waals surface area contributed by atoms with Crippen LogP contribution in [0.1, 0.15) is 34.5 Å². The van der Waals surface area contributed by atoms with Gasteiger partial charge >= 0.3 is 0 Å². The SMILES string of the molecule is COc1cncc(-c2cncc(N[C@@H](C)c3cccc(NC(=O)c4cncc(C)c4)c3)n2)c1. The van der Waals surface area contributed by atoms with Gasteiger partial charge in [0.15, 0.2) is 0 Å². The van der Waals surface area contributed by atoms with E-state index in [4.69, 9.17) is 4.74 Å². The second-order valence-corrected chi connectivity index (χ2v) is 7.60. The van der Waals surface area contributed by atoms with Crippen LogP contribution in [0.2, 0.25) is 0 Å². The Morgan fingerprint density at radius 1 is 0.970 bits per heavy atom. The number of hydrogen-bond acceptors (Lipinski definition) is 7. The maximum absolute atomic E-state index is 12.6. The molecule has 33 heavy (non-hydrogen) atoms. The third-order valence-electron chi connectivity index (χ3n) is 5.03. The van der Waals surface area contributed by atoms with Crippen molar-refractivity contribution in [2.75, 3.05) is 17.7 Å². The number of aromatic nitrogens is 4. The van der Waals surface area contributed by atoms with Crippen LogP contribution in [0.4, 0.5) is 11.5 Å². The van der Waals surface area contributed by atoms with E-state index in [1.807, 2.05) is 44.2 Å². The second-order valence-electron chi connectivity index (χ2n) is 7.60. The third kappa shape index (κ3) is 5.48. The Kier molecular flexibility index (Phi) is 6.54. The summed E-state index contributed by atoms with van der Waals surface area (Å²) in [5, 5.41) is 6.30. The molecule has 0 radical (unpaired) electrons. The van der Waals surface area contributed by atoms with E-state index in [1.165, 1.54) is 0 Å². The molecule has 8 nitrogen and oxygen atoms in total. The number of rotatable bonds is 7. The number of nitrogens with zero attached hydrogens (tertiary/aromatic N) is 4. The Bertz CT molecular complexity index is 1280. The average Bonchev–Trinajstić information content (AvgIpc) is 2.84. The first-order valence-corrected chi connectivity index (χ1v) is 10.4. The summed E-state index contributed by atoms with van der Waals surface area (Å²) < 4.78 is 5.24. The van der Waals surface area contributed by atoms with E-state index in [0.29, 0.717) is 28.5 Å².